The van der Waals surface area contributed by atoms with Gasteiger partial charge in [-0.25, -0.2) is 0 Å². The molecule has 0 aromatic heterocycles. The SMILES string of the molecule is COc1cccc(C(=O)N(C)CC(C)(C)O)c1. The Bertz CT molecular complexity index is 396. The average molecular weight is 237 g/mol. The molecule has 0 heterocycles. The topological polar surface area (TPSA) is 49.8 Å². The Morgan fingerprint density at radius 2 is 2.12 bits per heavy atom. The minimum atomic E-state index is -0.900. The number of ether oxygens (including phenoxy) is 1. The van der Waals surface area contributed by atoms with Crippen molar-refractivity contribution in [3.8, 4) is 5.75 Å². The van der Waals surface area contributed by atoms with Gasteiger partial charge in [0.25, 0.3) is 5.91 Å². The summed E-state index contributed by atoms with van der Waals surface area (Å²) in [6.07, 6.45) is 0. The number of methoxy groups -OCH3 is 1. The standard InChI is InChI=1S/C13H19NO3/c1-13(2,16)9-14(3)12(15)10-6-5-7-11(8-10)17-4/h5-8,16H,9H2,1-4H3. The molecule has 0 bridgehead atoms. The number of likely N-dealkylation sites (N-methyl/N-ethyl adjacent to an activating group) is 1. The minimum Gasteiger partial charge on any atom is -0.497 e. The summed E-state index contributed by atoms with van der Waals surface area (Å²) >= 11 is 0. The van der Waals surface area contributed by atoms with E-state index >= 15 is 0 Å². The first-order valence-corrected chi connectivity index (χ1v) is 5.45. The van der Waals surface area contributed by atoms with Crippen LogP contribution in [0.2, 0.25) is 0 Å². The molecule has 1 amide bonds. The Hall–Kier alpha value is -1.55. The lowest BCUT2D eigenvalue weighted by atomic mass is 10.1. The lowest BCUT2D eigenvalue weighted by Gasteiger charge is -2.25. The third-order valence-corrected chi connectivity index (χ3v) is 2.29. The first kappa shape index (κ1) is 13.5. The van der Waals surface area contributed by atoms with Crippen LogP contribution in [0.5, 0.6) is 5.75 Å². The van der Waals surface area contributed by atoms with Gasteiger partial charge in [0.2, 0.25) is 0 Å². The Morgan fingerprint density at radius 1 is 1.47 bits per heavy atom. The zero-order valence-corrected chi connectivity index (χ0v) is 10.7. The third kappa shape index (κ3) is 4.07. The fraction of sp³-hybridized carbons (Fsp3) is 0.462. The molecule has 0 spiro atoms. The van der Waals surface area contributed by atoms with E-state index in [2.05, 4.69) is 0 Å². The van der Waals surface area contributed by atoms with E-state index in [4.69, 9.17) is 4.74 Å². The Balaban J connectivity index is 2.81. The molecule has 1 aromatic carbocycles. The quantitative estimate of drug-likeness (QED) is 0.864. The van der Waals surface area contributed by atoms with Gasteiger partial charge in [0, 0.05) is 19.2 Å². The summed E-state index contributed by atoms with van der Waals surface area (Å²) in [5.74, 6) is 0.513. The molecule has 1 aromatic rings. The number of benzene rings is 1. The summed E-state index contributed by atoms with van der Waals surface area (Å²) < 4.78 is 5.07. The molecule has 0 atom stereocenters. The van der Waals surface area contributed by atoms with Gasteiger partial charge in [-0.3, -0.25) is 4.79 Å². The number of nitrogens with zero attached hydrogens (tertiary/aromatic N) is 1. The first-order valence-electron chi connectivity index (χ1n) is 5.45. The van der Waals surface area contributed by atoms with Crippen molar-refractivity contribution in [2.24, 2.45) is 0 Å². The molecular weight excluding hydrogens is 218 g/mol. The molecule has 0 radical (unpaired) electrons. The highest BCUT2D eigenvalue weighted by Crippen LogP contribution is 2.15. The van der Waals surface area contributed by atoms with Crippen LogP contribution in [0, 0.1) is 0 Å². The fourth-order valence-electron chi connectivity index (χ4n) is 1.63. The summed E-state index contributed by atoms with van der Waals surface area (Å²) in [5.41, 5.74) is -0.348. The molecule has 94 valence electrons. The predicted molar refractivity (Wildman–Crippen MR) is 66.3 cm³/mol. The van der Waals surface area contributed by atoms with Gasteiger partial charge >= 0.3 is 0 Å². The Kier molecular flexibility index (Phi) is 4.12. The molecule has 0 aliphatic heterocycles. The summed E-state index contributed by atoms with van der Waals surface area (Å²) in [6.45, 7) is 3.62. The second-order valence-corrected chi connectivity index (χ2v) is 4.71. The maximum Gasteiger partial charge on any atom is 0.253 e. The smallest absolute Gasteiger partial charge is 0.253 e. The van der Waals surface area contributed by atoms with E-state index in [9.17, 15) is 9.90 Å². The van der Waals surface area contributed by atoms with Crippen LogP contribution in [0.25, 0.3) is 0 Å². The van der Waals surface area contributed by atoms with Crippen molar-refractivity contribution in [3.63, 3.8) is 0 Å². The molecule has 1 N–H and O–H groups in total. The van der Waals surface area contributed by atoms with E-state index < -0.39 is 5.60 Å². The van der Waals surface area contributed by atoms with Crippen LogP contribution in [0.4, 0.5) is 0 Å². The fourth-order valence-corrected chi connectivity index (χ4v) is 1.63. The Labute approximate surface area is 102 Å². The van der Waals surface area contributed by atoms with Crippen LogP contribution in [0.15, 0.2) is 24.3 Å². The van der Waals surface area contributed by atoms with Gasteiger partial charge in [-0.15, -0.1) is 0 Å². The molecule has 0 saturated carbocycles. The highest BCUT2D eigenvalue weighted by Gasteiger charge is 2.20. The molecule has 0 saturated heterocycles. The van der Waals surface area contributed by atoms with E-state index in [1.165, 1.54) is 4.90 Å². The lowest BCUT2D eigenvalue weighted by Crippen LogP contribution is -2.39. The number of hydrogen-bond acceptors (Lipinski definition) is 3. The van der Waals surface area contributed by atoms with Crippen molar-refractivity contribution in [3.05, 3.63) is 29.8 Å². The van der Waals surface area contributed by atoms with Gasteiger partial charge < -0.3 is 14.7 Å². The second-order valence-electron chi connectivity index (χ2n) is 4.71. The average Bonchev–Trinajstić information content (AvgIpc) is 2.26. The third-order valence-electron chi connectivity index (χ3n) is 2.29. The van der Waals surface area contributed by atoms with Crippen molar-refractivity contribution in [1.29, 1.82) is 0 Å². The van der Waals surface area contributed by atoms with Crippen molar-refractivity contribution in [2.45, 2.75) is 19.4 Å². The molecule has 0 aliphatic rings. The van der Waals surface area contributed by atoms with Crippen molar-refractivity contribution in [2.75, 3.05) is 20.7 Å². The highest BCUT2D eigenvalue weighted by atomic mass is 16.5. The summed E-state index contributed by atoms with van der Waals surface area (Å²) in [6, 6.07) is 6.96. The maximum atomic E-state index is 12.0. The number of amides is 1. The number of carbonyl (C=O) groups is 1. The molecule has 1 rings (SSSR count). The van der Waals surface area contributed by atoms with Gasteiger partial charge in [0.05, 0.1) is 12.7 Å². The maximum absolute atomic E-state index is 12.0. The van der Waals surface area contributed by atoms with Crippen LogP contribution in [0.1, 0.15) is 24.2 Å². The van der Waals surface area contributed by atoms with E-state index in [0.29, 0.717) is 11.3 Å². The van der Waals surface area contributed by atoms with E-state index in [-0.39, 0.29) is 12.5 Å². The summed E-state index contributed by atoms with van der Waals surface area (Å²) in [4.78, 5) is 13.5. The number of rotatable bonds is 4. The number of aliphatic hydroxyl groups is 1. The number of carbonyl (C=O) groups excluding carboxylic acids is 1. The highest BCUT2D eigenvalue weighted by molar-refractivity contribution is 5.94. The normalized spacial score (nSPS) is 11.1. The van der Waals surface area contributed by atoms with Gasteiger partial charge in [-0.05, 0) is 32.0 Å². The monoisotopic (exact) mass is 237 g/mol. The van der Waals surface area contributed by atoms with E-state index in [1.54, 1.807) is 52.3 Å². The first-order chi connectivity index (χ1) is 7.83. The predicted octanol–water partition coefficient (Wildman–Crippen LogP) is 1.54. The van der Waals surface area contributed by atoms with Gasteiger partial charge in [0.15, 0.2) is 0 Å². The van der Waals surface area contributed by atoms with E-state index in [0.717, 1.165) is 0 Å². The van der Waals surface area contributed by atoms with Crippen LogP contribution in [-0.4, -0.2) is 42.2 Å². The molecule has 0 fully saturated rings. The second kappa shape index (κ2) is 5.19. The molecule has 17 heavy (non-hydrogen) atoms. The molecular formula is C13H19NO3. The summed E-state index contributed by atoms with van der Waals surface area (Å²) in [5, 5.41) is 9.67. The Morgan fingerprint density at radius 3 is 2.65 bits per heavy atom. The molecule has 4 nitrogen and oxygen atoms in total. The van der Waals surface area contributed by atoms with E-state index in [1.807, 2.05) is 0 Å². The lowest BCUT2D eigenvalue weighted by molar-refractivity contribution is 0.0368. The van der Waals surface area contributed by atoms with Gasteiger partial charge in [0.1, 0.15) is 5.75 Å². The van der Waals surface area contributed by atoms with Gasteiger partial charge in [-0.1, -0.05) is 6.07 Å². The molecule has 4 heteroatoms. The van der Waals surface area contributed by atoms with Crippen LogP contribution < -0.4 is 4.74 Å². The van der Waals surface area contributed by atoms with Crippen molar-refractivity contribution < 1.29 is 14.6 Å². The van der Waals surface area contributed by atoms with Crippen LogP contribution >= 0.6 is 0 Å². The number of hydrogen-bond donors (Lipinski definition) is 1. The molecule has 0 unspecified atom stereocenters. The van der Waals surface area contributed by atoms with Crippen molar-refractivity contribution in [1.82, 2.24) is 4.90 Å². The zero-order valence-electron chi connectivity index (χ0n) is 10.7. The van der Waals surface area contributed by atoms with Gasteiger partial charge in [-0.2, -0.15) is 0 Å². The largest absolute Gasteiger partial charge is 0.497 e. The molecule has 0 aliphatic carbocycles. The van der Waals surface area contributed by atoms with Crippen LogP contribution in [0.3, 0.4) is 0 Å². The minimum absolute atomic E-state index is 0.133. The van der Waals surface area contributed by atoms with Crippen LogP contribution in [-0.2, 0) is 0 Å². The van der Waals surface area contributed by atoms with Crippen molar-refractivity contribution >= 4 is 5.91 Å². The summed E-state index contributed by atoms with van der Waals surface area (Å²) in [7, 11) is 3.23. The zero-order chi connectivity index (χ0) is 13.1.